The summed E-state index contributed by atoms with van der Waals surface area (Å²) in [7, 11) is 0. The van der Waals surface area contributed by atoms with Crippen molar-refractivity contribution in [3.05, 3.63) is 139 Å². The molecule has 0 fully saturated rings. The molecule has 0 saturated heterocycles. The van der Waals surface area contributed by atoms with Gasteiger partial charge in [-0.2, -0.15) is 0 Å². The SMILES string of the molecule is CC(C)(C)c1cc(-c2nc3c(-c4cc(-c5cc(-c6ccccc6)ccn5)c5oc6cc7ccccc7cc6c5c4)cccc3s2)c(O)c(C(C)(C)C)c1. The Morgan fingerprint density at radius 2 is 1.36 bits per heavy atom. The van der Waals surface area contributed by atoms with Gasteiger partial charge in [0.05, 0.1) is 21.5 Å². The summed E-state index contributed by atoms with van der Waals surface area (Å²) in [5.74, 6) is 0.302. The predicted octanol–water partition coefficient (Wildman–Crippen LogP) is 13.7. The lowest BCUT2D eigenvalue weighted by atomic mass is 9.79. The molecule has 9 aromatic rings. The van der Waals surface area contributed by atoms with Gasteiger partial charge in [-0.3, -0.25) is 4.98 Å². The number of hydrogen-bond donors (Lipinski definition) is 1. The molecule has 6 aromatic carbocycles. The molecule has 9 rings (SSSR count). The summed E-state index contributed by atoms with van der Waals surface area (Å²) in [6, 6.07) is 42.5. The Bertz CT molecular complexity index is 2870. The highest BCUT2D eigenvalue weighted by atomic mass is 32.1. The lowest BCUT2D eigenvalue weighted by Gasteiger charge is -2.27. The lowest BCUT2D eigenvalue weighted by Crippen LogP contribution is -2.17. The maximum Gasteiger partial charge on any atom is 0.144 e. The van der Waals surface area contributed by atoms with Crippen molar-refractivity contribution < 1.29 is 9.52 Å². The number of aromatic nitrogens is 2. The van der Waals surface area contributed by atoms with E-state index in [9.17, 15) is 5.11 Å². The number of phenolic OH excluding ortho intramolecular Hbond substituents is 1. The number of fused-ring (bicyclic) bond motifs is 5. The summed E-state index contributed by atoms with van der Waals surface area (Å²) < 4.78 is 7.80. The van der Waals surface area contributed by atoms with Crippen molar-refractivity contribution in [1.82, 2.24) is 9.97 Å². The van der Waals surface area contributed by atoms with Crippen LogP contribution >= 0.6 is 11.3 Å². The molecule has 0 aliphatic carbocycles. The highest BCUT2D eigenvalue weighted by molar-refractivity contribution is 7.21. The number of aromatic hydroxyl groups is 1. The molecule has 260 valence electrons. The summed E-state index contributed by atoms with van der Waals surface area (Å²) >= 11 is 1.62. The third-order valence-electron chi connectivity index (χ3n) is 10.3. The van der Waals surface area contributed by atoms with Crippen LogP contribution in [-0.2, 0) is 10.8 Å². The van der Waals surface area contributed by atoms with E-state index in [0.29, 0.717) is 5.75 Å². The first-order valence-electron chi connectivity index (χ1n) is 18.1. The molecule has 0 amide bonds. The monoisotopic (exact) mass is 708 g/mol. The molecule has 0 atom stereocenters. The Morgan fingerprint density at radius 3 is 2.11 bits per heavy atom. The van der Waals surface area contributed by atoms with Crippen molar-refractivity contribution in [2.45, 2.75) is 52.4 Å². The van der Waals surface area contributed by atoms with E-state index in [1.54, 1.807) is 11.3 Å². The van der Waals surface area contributed by atoms with Crippen LogP contribution in [0.5, 0.6) is 5.75 Å². The number of benzene rings is 6. The molecule has 0 spiro atoms. The lowest BCUT2D eigenvalue weighted by molar-refractivity contribution is 0.446. The van der Waals surface area contributed by atoms with Crippen molar-refractivity contribution in [2.75, 3.05) is 0 Å². The second-order valence-electron chi connectivity index (χ2n) is 16.1. The van der Waals surface area contributed by atoms with Crippen LogP contribution in [0.3, 0.4) is 0 Å². The topological polar surface area (TPSA) is 59.2 Å². The van der Waals surface area contributed by atoms with Crippen LogP contribution in [0, 0.1) is 0 Å². The van der Waals surface area contributed by atoms with Gasteiger partial charge in [-0.15, -0.1) is 11.3 Å². The third kappa shape index (κ3) is 5.76. The summed E-state index contributed by atoms with van der Waals surface area (Å²) in [4.78, 5) is 10.2. The standard InChI is InChI=1S/C48H40N2O2S/c1-47(2,3)33-26-38(44(51)39(27-33)48(4,5)6)46-50-43-34(17-12-18-42(43)53-46)32-22-36-35-21-29-15-10-11-16-30(29)25-41(35)52-45(36)37(23-32)40-24-31(19-20-49-40)28-13-8-7-9-14-28/h7-27,51H,1-6H3. The maximum absolute atomic E-state index is 11.8. The molecule has 0 unspecified atom stereocenters. The van der Waals surface area contributed by atoms with E-state index in [-0.39, 0.29) is 10.8 Å². The van der Waals surface area contributed by atoms with Crippen molar-refractivity contribution in [3.63, 3.8) is 0 Å². The molecule has 0 aliphatic heterocycles. The highest BCUT2D eigenvalue weighted by Crippen LogP contribution is 2.46. The minimum Gasteiger partial charge on any atom is -0.507 e. The van der Waals surface area contributed by atoms with Crippen molar-refractivity contribution >= 4 is 54.3 Å². The Kier molecular flexibility index (Phi) is 7.58. The molecule has 0 saturated carbocycles. The second kappa shape index (κ2) is 12.1. The van der Waals surface area contributed by atoms with Crippen molar-refractivity contribution in [3.8, 4) is 49.8 Å². The molecule has 0 radical (unpaired) electrons. The van der Waals surface area contributed by atoms with Crippen LogP contribution in [0.25, 0.3) is 87.0 Å². The number of thiazole rings is 1. The number of furan rings is 1. The van der Waals surface area contributed by atoms with Crippen LogP contribution < -0.4 is 0 Å². The summed E-state index contributed by atoms with van der Waals surface area (Å²) in [5, 5.41) is 17.0. The molecule has 5 heteroatoms. The minimum atomic E-state index is -0.238. The average Bonchev–Trinajstić information content (AvgIpc) is 3.74. The molecule has 0 aliphatic rings. The highest BCUT2D eigenvalue weighted by Gasteiger charge is 2.27. The number of hydrogen-bond acceptors (Lipinski definition) is 5. The van der Waals surface area contributed by atoms with Crippen LogP contribution in [0.1, 0.15) is 52.7 Å². The molecule has 3 aromatic heterocycles. The van der Waals surface area contributed by atoms with Gasteiger partial charge in [0, 0.05) is 33.7 Å². The zero-order valence-electron chi connectivity index (χ0n) is 30.8. The Balaban J connectivity index is 1.29. The first kappa shape index (κ1) is 33.1. The number of rotatable bonds is 4. The Labute approximate surface area is 313 Å². The first-order chi connectivity index (χ1) is 25.4. The molecule has 3 heterocycles. The second-order valence-corrected chi connectivity index (χ2v) is 17.1. The maximum atomic E-state index is 11.8. The quantitative estimate of drug-likeness (QED) is 0.198. The van der Waals surface area contributed by atoms with Gasteiger partial charge in [-0.1, -0.05) is 114 Å². The molecule has 0 bridgehead atoms. The summed E-state index contributed by atoms with van der Waals surface area (Å²) in [6.45, 7) is 13.1. The van der Waals surface area contributed by atoms with Crippen molar-refractivity contribution in [2.24, 2.45) is 0 Å². The predicted molar refractivity (Wildman–Crippen MR) is 223 cm³/mol. The minimum absolute atomic E-state index is 0.0966. The zero-order valence-corrected chi connectivity index (χ0v) is 31.6. The zero-order chi connectivity index (χ0) is 36.6. The fraction of sp³-hybridized carbons (Fsp3) is 0.167. The van der Waals surface area contributed by atoms with Gasteiger partial charge in [0.15, 0.2) is 0 Å². The fourth-order valence-electron chi connectivity index (χ4n) is 7.40. The average molecular weight is 709 g/mol. The van der Waals surface area contributed by atoms with Gasteiger partial charge >= 0.3 is 0 Å². The van der Waals surface area contributed by atoms with Gasteiger partial charge in [-0.25, -0.2) is 4.98 Å². The molecular formula is C48H40N2O2S. The van der Waals surface area contributed by atoms with Crippen LogP contribution in [0.15, 0.2) is 132 Å². The van der Waals surface area contributed by atoms with Crippen LogP contribution in [-0.4, -0.2) is 15.1 Å². The van der Waals surface area contributed by atoms with E-state index < -0.39 is 0 Å². The Hall–Kier alpha value is -5.78. The molecule has 53 heavy (non-hydrogen) atoms. The van der Waals surface area contributed by atoms with Gasteiger partial charge in [0.25, 0.3) is 0 Å². The first-order valence-corrected chi connectivity index (χ1v) is 18.9. The summed E-state index contributed by atoms with van der Waals surface area (Å²) in [5.41, 5.74) is 11.1. The molecule has 4 nitrogen and oxygen atoms in total. The van der Waals surface area contributed by atoms with Crippen LogP contribution in [0.4, 0.5) is 0 Å². The van der Waals surface area contributed by atoms with Gasteiger partial charge in [0.1, 0.15) is 21.9 Å². The number of nitrogens with zero attached hydrogens (tertiary/aromatic N) is 2. The number of phenols is 1. The molecule has 1 N–H and O–H groups in total. The number of pyridine rings is 1. The molecular weight excluding hydrogens is 669 g/mol. The summed E-state index contributed by atoms with van der Waals surface area (Å²) in [6.07, 6.45) is 1.88. The third-order valence-corrected chi connectivity index (χ3v) is 11.4. The van der Waals surface area contributed by atoms with Crippen molar-refractivity contribution in [1.29, 1.82) is 0 Å². The van der Waals surface area contributed by atoms with E-state index >= 15 is 0 Å². The van der Waals surface area contributed by atoms with E-state index in [0.717, 1.165) is 92.6 Å². The normalized spacial score (nSPS) is 12.4. The van der Waals surface area contributed by atoms with Crippen LogP contribution in [0.2, 0.25) is 0 Å². The smallest absolute Gasteiger partial charge is 0.144 e. The van der Waals surface area contributed by atoms with E-state index in [4.69, 9.17) is 14.4 Å². The fourth-order valence-corrected chi connectivity index (χ4v) is 8.41. The number of para-hydroxylation sites is 1. The largest absolute Gasteiger partial charge is 0.507 e. The van der Waals surface area contributed by atoms with Gasteiger partial charge in [-0.05, 0) is 92.4 Å². The van der Waals surface area contributed by atoms with Gasteiger partial charge < -0.3 is 9.52 Å². The van der Waals surface area contributed by atoms with E-state index in [1.807, 2.05) is 12.3 Å². The van der Waals surface area contributed by atoms with Gasteiger partial charge in [0.2, 0.25) is 0 Å². The Morgan fingerprint density at radius 1 is 0.604 bits per heavy atom. The van der Waals surface area contributed by atoms with E-state index in [1.165, 1.54) is 5.56 Å². The van der Waals surface area contributed by atoms with E-state index in [2.05, 4.69) is 157 Å².